The Hall–Kier alpha value is -3.09. The number of hydrogen-bond acceptors (Lipinski definition) is 5. The average molecular weight is 345 g/mol. The summed E-state index contributed by atoms with van der Waals surface area (Å²) in [4.78, 5) is 35.7. The van der Waals surface area contributed by atoms with Crippen molar-refractivity contribution in [3.8, 4) is 5.75 Å². The predicted molar refractivity (Wildman–Crippen MR) is 89.7 cm³/mol. The normalized spacial score (nSPS) is 11.8. The second kappa shape index (κ2) is 7.65. The Labute approximate surface area is 144 Å². The van der Waals surface area contributed by atoms with Crippen LogP contribution in [0.5, 0.6) is 5.75 Å². The van der Waals surface area contributed by atoms with E-state index in [2.05, 4.69) is 0 Å². The second-order valence-corrected chi connectivity index (χ2v) is 5.61. The molecule has 7 heteroatoms. The molecule has 1 aromatic carbocycles. The molecule has 7 nitrogen and oxygen atoms in total. The van der Waals surface area contributed by atoms with Crippen LogP contribution in [0.3, 0.4) is 0 Å². The molecule has 1 unspecified atom stereocenters. The van der Waals surface area contributed by atoms with Gasteiger partial charge in [0, 0.05) is 11.6 Å². The van der Waals surface area contributed by atoms with Crippen LogP contribution in [0.2, 0.25) is 0 Å². The summed E-state index contributed by atoms with van der Waals surface area (Å²) in [6.45, 7) is 1.00. The summed E-state index contributed by atoms with van der Waals surface area (Å²) in [5.41, 5.74) is 0.297. The highest BCUT2D eigenvalue weighted by atomic mass is 16.5. The molecule has 0 saturated heterocycles. The fourth-order valence-corrected chi connectivity index (χ4v) is 2.75. The number of ether oxygens (including phenoxy) is 1. The number of benzene rings is 1. The van der Waals surface area contributed by atoms with E-state index in [1.807, 2.05) is 0 Å². The summed E-state index contributed by atoms with van der Waals surface area (Å²) >= 11 is 0. The highest BCUT2D eigenvalue weighted by Crippen LogP contribution is 2.32. The number of esters is 1. The molecule has 0 aliphatic carbocycles. The van der Waals surface area contributed by atoms with E-state index < -0.39 is 30.0 Å². The fourth-order valence-electron chi connectivity index (χ4n) is 2.75. The van der Waals surface area contributed by atoms with Gasteiger partial charge in [0.1, 0.15) is 12.3 Å². The molecule has 0 bridgehead atoms. The number of methoxy groups -OCH3 is 1. The van der Waals surface area contributed by atoms with E-state index in [4.69, 9.17) is 9.84 Å². The Morgan fingerprint density at radius 3 is 2.44 bits per heavy atom. The van der Waals surface area contributed by atoms with Crippen molar-refractivity contribution in [2.75, 3.05) is 7.11 Å². The number of hydrogen-bond donors (Lipinski definition) is 2. The first-order valence-corrected chi connectivity index (χ1v) is 7.62. The highest BCUT2D eigenvalue weighted by molar-refractivity contribution is 5.71. The minimum absolute atomic E-state index is 0.0246. The summed E-state index contributed by atoms with van der Waals surface area (Å²) in [6, 6.07) is 10.1. The van der Waals surface area contributed by atoms with E-state index in [0.29, 0.717) is 11.3 Å². The van der Waals surface area contributed by atoms with Crippen molar-refractivity contribution in [1.29, 1.82) is 0 Å². The van der Waals surface area contributed by atoms with Gasteiger partial charge in [0.05, 0.1) is 19.1 Å². The van der Waals surface area contributed by atoms with Gasteiger partial charge in [-0.05, 0) is 18.6 Å². The molecule has 0 fully saturated rings. The average Bonchev–Trinajstić information content (AvgIpc) is 2.58. The lowest BCUT2D eigenvalue weighted by Gasteiger charge is -2.20. The Morgan fingerprint density at radius 2 is 1.88 bits per heavy atom. The maximum absolute atomic E-state index is 12.8. The molecule has 0 amide bonds. The largest absolute Gasteiger partial charge is 0.507 e. The van der Waals surface area contributed by atoms with E-state index in [-0.39, 0.29) is 17.7 Å². The first kappa shape index (κ1) is 18.3. The quantitative estimate of drug-likeness (QED) is 0.771. The number of aromatic nitrogens is 1. The number of carboxylic acid groups (broad SMARTS) is 1. The molecule has 2 aromatic rings. The Balaban J connectivity index is 2.66. The van der Waals surface area contributed by atoms with E-state index in [9.17, 15) is 19.5 Å². The molecular weight excluding hydrogens is 326 g/mol. The molecule has 25 heavy (non-hydrogen) atoms. The number of rotatable bonds is 6. The number of aromatic hydroxyl groups is 1. The predicted octanol–water partition coefficient (Wildman–Crippen LogP) is 1.64. The maximum Gasteiger partial charge on any atom is 0.323 e. The zero-order valence-corrected chi connectivity index (χ0v) is 13.9. The van der Waals surface area contributed by atoms with Crippen molar-refractivity contribution in [2.45, 2.75) is 25.8 Å². The monoisotopic (exact) mass is 345 g/mol. The number of carbonyl (C=O) groups is 2. The van der Waals surface area contributed by atoms with Gasteiger partial charge in [-0.2, -0.15) is 0 Å². The summed E-state index contributed by atoms with van der Waals surface area (Å²) in [6.07, 6.45) is -0.153. The van der Waals surface area contributed by atoms with Crippen molar-refractivity contribution >= 4 is 11.9 Å². The van der Waals surface area contributed by atoms with E-state index >= 15 is 0 Å². The van der Waals surface area contributed by atoms with Crippen LogP contribution in [-0.2, 0) is 20.9 Å². The van der Waals surface area contributed by atoms with Gasteiger partial charge in [0.25, 0.3) is 5.56 Å². The fraction of sp³-hybridized carbons (Fsp3) is 0.278. The maximum atomic E-state index is 12.8. The third-order valence-electron chi connectivity index (χ3n) is 3.97. The van der Waals surface area contributed by atoms with Gasteiger partial charge in [-0.1, -0.05) is 30.3 Å². The lowest BCUT2D eigenvalue weighted by atomic mass is 9.88. The van der Waals surface area contributed by atoms with E-state index in [1.165, 1.54) is 20.1 Å². The van der Waals surface area contributed by atoms with Gasteiger partial charge in [0.15, 0.2) is 0 Å². The van der Waals surface area contributed by atoms with E-state index in [1.54, 1.807) is 30.3 Å². The van der Waals surface area contributed by atoms with Gasteiger partial charge < -0.3 is 19.5 Å². The third-order valence-corrected chi connectivity index (χ3v) is 3.97. The van der Waals surface area contributed by atoms with Gasteiger partial charge >= 0.3 is 11.9 Å². The highest BCUT2D eigenvalue weighted by Gasteiger charge is 2.26. The van der Waals surface area contributed by atoms with Crippen LogP contribution in [0.15, 0.2) is 41.2 Å². The SMILES string of the molecule is COC(=O)CC(c1ccccc1)c1c(O)cc(C)n(CC(=O)O)c1=O. The van der Waals surface area contributed by atoms with Gasteiger partial charge in [0.2, 0.25) is 0 Å². The van der Waals surface area contributed by atoms with Crippen molar-refractivity contribution in [3.05, 3.63) is 63.6 Å². The number of nitrogens with zero attached hydrogens (tertiary/aromatic N) is 1. The zero-order valence-electron chi connectivity index (χ0n) is 13.9. The molecule has 132 valence electrons. The van der Waals surface area contributed by atoms with Crippen molar-refractivity contribution in [2.24, 2.45) is 0 Å². The summed E-state index contributed by atoms with van der Waals surface area (Å²) in [5.74, 6) is -2.74. The van der Waals surface area contributed by atoms with Crippen LogP contribution >= 0.6 is 0 Å². The molecule has 1 heterocycles. The molecule has 0 radical (unpaired) electrons. The summed E-state index contributed by atoms with van der Waals surface area (Å²) in [5, 5.41) is 19.4. The van der Waals surface area contributed by atoms with Gasteiger partial charge in [-0.25, -0.2) is 0 Å². The molecular formula is C18H19NO6. The van der Waals surface area contributed by atoms with Crippen LogP contribution in [0.1, 0.15) is 29.2 Å². The molecule has 1 atom stereocenters. The molecule has 2 rings (SSSR count). The molecule has 0 aliphatic heterocycles. The zero-order chi connectivity index (χ0) is 18.6. The molecule has 1 aromatic heterocycles. The lowest BCUT2D eigenvalue weighted by Crippen LogP contribution is -2.30. The number of aliphatic carboxylic acids is 1. The molecule has 0 saturated carbocycles. The first-order chi connectivity index (χ1) is 11.8. The smallest absolute Gasteiger partial charge is 0.323 e. The van der Waals surface area contributed by atoms with Gasteiger partial charge in [-0.15, -0.1) is 0 Å². The van der Waals surface area contributed by atoms with E-state index in [0.717, 1.165) is 4.57 Å². The minimum Gasteiger partial charge on any atom is -0.507 e. The van der Waals surface area contributed by atoms with Gasteiger partial charge in [-0.3, -0.25) is 14.4 Å². The van der Waals surface area contributed by atoms with Crippen LogP contribution in [-0.4, -0.2) is 33.8 Å². The van der Waals surface area contributed by atoms with Crippen LogP contribution in [0, 0.1) is 6.92 Å². The summed E-state index contributed by atoms with van der Waals surface area (Å²) in [7, 11) is 1.24. The topological polar surface area (TPSA) is 106 Å². The number of pyridine rings is 1. The Kier molecular flexibility index (Phi) is 5.59. The lowest BCUT2D eigenvalue weighted by molar-refractivity contribution is -0.141. The Morgan fingerprint density at radius 1 is 1.24 bits per heavy atom. The third kappa shape index (κ3) is 4.06. The van der Waals surface area contributed by atoms with Crippen molar-refractivity contribution in [3.63, 3.8) is 0 Å². The number of carboxylic acids is 1. The molecule has 2 N–H and O–H groups in total. The standard InChI is InChI=1S/C18H19NO6/c1-11-8-14(20)17(18(24)19(11)10-15(21)22)13(9-16(23)25-2)12-6-4-3-5-7-12/h3-8,13,20H,9-10H2,1-2H3,(H,21,22). The minimum atomic E-state index is -1.17. The van der Waals surface area contributed by atoms with Crippen molar-refractivity contribution in [1.82, 2.24) is 4.57 Å². The van der Waals surface area contributed by atoms with Crippen LogP contribution < -0.4 is 5.56 Å². The molecule has 0 spiro atoms. The first-order valence-electron chi connectivity index (χ1n) is 7.62. The van der Waals surface area contributed by atoms with Crippen molar-refractivity contribution < 1.29 is 24.5 Å². The van der Waals surface area contributed by atoms with Crippen LogP contribution in [0.25, 0.3) is 0 Å². The van der Waals surface area contributed by atoms with Crippen LogP contribution in [0.4, 0.5) is 0 Å². The number of aryl methyl sites for hydroxylation is 1. The molecule has 0 aliphatic rings. The second-order valence-electron chi connectivity index (χ2n) is 5.61. The number of carbonyl (C=O) groups excluding carboxylic acids is 1. The summed E-state index contributed by atoms with van der Waals surface area (Å²) < 4.78 is 5.76. The Bertz CT molecular complexity index is 841.